The molecule has 2 aromatic rings. The predicted octanol–water partition coefficient (Wildman–Crippen LogP) is 3.43. The fourth-order valence-electron chi connectivity index (χ4n) is 3.30. The van der Waals surface area contributed by atoms with Crippen molar-refractivity contribution in [1.82, 2.24) is 4.90 Å². The maximum Gasteiger partial charge on any atom is 0.254 e. The molecule has 0 aromatic heterocycles. The maximum absolute atomic E-state index is 12.8. The van der Waals surface area contributed by atoms with Crippen LogP contribution in [0.4, 0.5) is 5.69 Å². The Hall–Kier alpha value is -2.29. The van der Waals surface area contributed by atoms with Crippen molar-refractivity contribution >= 4 is 11.6 Å². The fraction of sp³-hybridized carbons (Fsp3) is 0.316. The van der Waals surface area contributed by atoms with Gasteiger partial charge in [-0.25, -0.2) is 0 Å². The van der Waals surface area contributed by atoms with Gasteiger partial charge in [-0.15, -0.1) is 0 Å². The van der Waals surface area contributed by atoms with E-state index in [0.29, 0.717) is 0 Å². The Kier molecular flexibility index (Phi) is 4.14. The third kappa shape index (κ3) is 2.84. The minimum absolute atomic E-state index is 0.133. The lowest BCUT2D eigenvalue weighted by Crippen LogP contribution is -2.58. The number of hydrogen-bond donors (Lipinski definition) is 0. The first-order valence-electron chi connectivity index (χ1n) is 7.84. The molecule has 1 aliphatic heterocycles. The van der Waals surface area contributed by atoms with Crippen LogP contribution < -0.4 is 4.90 Å². The third-order valence-electron chi connectivity index (χ3n) is 4.30. The van der Waals surface area contributed by atoms with Crippen LogP contribution in [0.25, 0.3) is 0 Å². The minimum atomic E-state index is 0.133. The lowest BCUT2D eigenvalue weighted by atomic mass is 10.0. The molecule has 0 saturated carbocycles. The normalized spacial score (nSPS) is 21.7. The number of anilines is 1. The molecule has 1 saturated heterocycles. The molecule has 0 N–H and O–H groups in total. The van der Waals surface area contributed by atoms with Crippen molar-refractivity contribution in [1.29, 1.82) is 0 Å². The number of carbonyl (C=O) groups is 1. The first-order chi connectivity index (χ1) is 10.7. The average Bonchev–Trinajstić information content (AvgIpc) is 2.55. The van der Waals surface area contributed by atoms with E-state index < -0.39 is 0 Å². The second-order valence-corrected chi connectivity index (χ2v) is 6.02. The molecule has 1 amide bonds. The number of amides is 1. The molecule has 0 unspecified atom stereocenters. The highest BCUT2D eigenvalue weighted by Crippen LogP contribution is 2.23. The molecule has 22 heavy (non-hydrogen) atoms. The molecule has 114 valence electrons. The summed E-state index contributed by atoms with van der Waals surface area (Å²) in [6, 6.07) is 20.4. The zero-order valence-corrected chi connectivity index (χ0v) is 13.1. The van der Waals surface area contributed by atoms with Crippen LogP contribution in [0.5, 0.6) is 0 Å². The molecule has 1 heterocycles. The van der Waals surface area contributed by atoms with Crippen molar-refractivity contribution in [2.75, 3.05) is 18.0 Å². The standard InChI is InChI=1S/C19H22N2O/c1-15-13-20(18-11-7-4-8-12-18)14-16(2)21(15)19(22)17-9-5-3-6-10-17/h3-12,15-16H,13-14H2,1-2H3/t15-,16-/m1/s1. The number of piperazine rings is 1. The summed E-state index contributed by atoms with van der Waals surface area (Å²) in [4.78, 5) is 17.2. The Labute approximate surface area is 132 Å². The molecule has 1 aliphatic rings. The summed E-state index contributed by atoms with van der Waals surface area (Å²) >= 11 is 0. The van der Waals surface area contributed by atoms with Crippen LogP contribution in [-0.2, 0) is 0 Å². The smallest absolute Gasteiger partial charge is 0.254 e. The Morgan fingerprint density at radius 3 is 1.91 bits per heavy atom. The molecule has 0 bridgehead atoms. The van der Waals surface area contributed by atoms with E-state index in [1.807, 2.05) is 41.3 Å². The molecule has 3 nitrogen and oxygen atoms in total. The first-order valence-corrected chi connectivity index (χ1v) is 7.84. The van der Waals surface area contributed by atoms with E-state index in [-0.39, 0.29) is 18.0 Å². The molecule has 0 aliphatic carbocycles. The molecular weight excluding hydrogens is 272 g/mol. The second-order valence-electron chi connectivity index (χ2n) is 6.02. The first kappa shape index (κ1) is 14.6. The summed E-state index contributed by atoms with van der Waals surface area (Å²) in [5.41, 5.74) is 2.00. The van der Waals surface area contributed by atoms with E-state index >= 15 is 0 Å². The molecular formula is C19H22N2O. The monoisotopic (exact) mass is 294 g/mol. The van der Waals surface area contributed by atoms with E-state index in [4.69, 9.17) is 0 Å². The highest BCUT2D eigenvalue weighted by molar-refractivity contribution is 5.94. The van der Waals surface area contributed by atoms with E-state index in [2.05, 4.69) is 43.0 Å². The molecule has 1 fully saturated rings. The van der Waals surface area contributed by atoms with Crippen LogP contribution >= 0.6 is 0 Å². The van der Waals surface area contributed by atoms with Crippen LogP contribution in [0.3, 0.4) is 0 Å². The lowest BCUT2D eigenvalue weighted by Gasteiger charge is -2.45. The number of rotatable bonds is 2. The van der Waals surface area contributed by atoms with Gasteiger partial charge >= 0.3 is 0 Å². The Morgan fingerprint density at radius 2 is 1.36 bits per heavy atom. The summed E-state index contributed by atoms with van der Waals surface area (Å²) in [5.74, 6) is 0.133. The number of para-hydroxylation sites is 1. The van der Waals surface area contributed by atoms with Gasteiger partial charge in [0.1, 0.15) is 0 Å². The zero-order chi connectivity index (χ0) is 15.5. The Bertz CT molecular complexity index is 614. The number of hydrogen-bond acceptors (Lipinski definition) is 2. The van der Waals surface area contributed by atoms with E-state index in [1.54, 1.807) is 0 Å². The van der Waals surface area contributed by atoms with Crippen molar-refractivity contribution in [3.05, 3.63) is 66.2 Å². The van der Waals surface area contributed by atoms with Crippen molar-refractivity contribution in [2.24, 2.45) is 0 Å². The van der Waals surface area contributed by atoms with Crippen molar-refractivity contribution in [2.45, 2.75) is 25.9 Å². The van der Waals surface area contributed by atoms with Gasteiger partial charge in [-0.1, -0.05) is 36.4 Å². The second kappa shape index (κ2) is 6.22. The van der Waals surface area contributed by atoms with Crippen LogP contribution in [0.2, 0.25) is 0 Å². The topological polar surface area (TPSA) is 23.6 Å². The highest BCUT2D eigenvalue weighted by Gasteiger charge is 2.33. The molecule has 0 spiro atoms. The van der Waals surface area contributed by atoms with Gasteiger partial charge in [0.05, 0.1) is 0 Å². The Balaban J connectivity index is 1.78. The number of carbonyl (C=O) groups excluding carboxylic acids is 1. The summed E-state index contributed by atoms with van der Waals surface area (Å²) in [7, 11) is 0. The summed E-state index contributed by atoms with van der Waals surface area (Å²) in [6.07, 6.45) is 0. The fourth-order valence-corrected chi connectivity index (χ4v) is 3.30. The average molecular weight is 294 g/mol. The SMILES string of the molecule is C[C@@H]1CN(c2ccccc2)C[C@@H](C)N1C(=O)c1ccccc1. The van der Waals surface area contributed by atoms with Crippen molar-refractivity contribution in [3.63, 3.8) is 0 Å². The van der Waals surface area contributed by atoms with Gasteiger partial charge in [0.15, 0.2) is 0 Å². The van der Waals surface area contributed by atoms with Gasteiger partial charge in [-0.3, -0.25) is 4.79 Å². The molecule has 0 radical (unpaired) electrons. The van der Waals surface area contributed by atoms with Crippen LogP contribution in [-0.4, -0.2) is 36.0 Å². The van der Waals surface area contributed by atoms with E-state index in [1.165, 1.54) is 5.69 Å². The molecule has 3 rings (SSSR count). The van der Waals surface area contributed by atoms with Crippen molar-refractivity contribution in [3.8, 4) is 0 Å². The lowest BCUT2D eigenvalue weighted by molar-refractivity contribution is 0.0574. The minimum Gasteiger partial charge on any atom is -0.367 e. The molecule has 3 heteroatoms. The largest absolute Gasteiger partial charge is 0.367 e. The van der Waals surface area contributed by atoms with Crippen LogP contribution in [0.15, 0.2) is 60.7 Å². The van der Waals surface area contributed by atoms with Gasteiger partial charge in [0.2, 0.25) is 0 Å². The number of nitrogens with zero attached hydrogens (tertiary/aromatic N) is 2. The van der Waals surface area contributed by atoms with Gasteiger partial charge in [0.25, 0.3) is 5.91 Å². The van der Waals surface area contributed by atoms with Gasteiger partial charge in [-0.05, 0) is 38.1 Å². The van der Waals surface area contributed by atoms with E-state index in [0.717, 1.165) is 18.7 Å². The predicted molar refractivity (Wildman–Crippen MR) is 90.2 cm³/mol. The maximum atomic E-state index is 12.8. The van der Waals surface area contributed by atoms with Gasteiger partial charge < -0.3 is 9.80 Å². The highest BCUT2D eigenvalue weighted by atomic mass is 16.2. The quantitative estimate of drug-likeness (QED) is 0.847. The van der Waals surface area contributed by atoms with Gasteiger partial charge in [0, 0.05) is 36.4 Å². The molecule has 2 atom stereocenters. The molecule has 2 aromatic carbocycles. The van der Waals surface area contributed by atoms with Crippen LogP contribution in [0, 0.1) is 0 Å². The van der Waals surface area contributed by atoms with Crippen LogP contribution in [0.1, 0.15) is 24.2 Å². The van der Waals surface area contributed by atoms with E-state index in [9.17, 15) is 4.79 Å². The number of benzene rings is 2. The van der Waals surface area contributed by atoms with Crippen molar-refractivity contribution < 1.29 is 4.79 Å². The summed E-state index contributed by atoms with van der Waals surface area (Å²) in [5, 5.41) is 0. The zero-order valence-electron chi connectivity index (χ0n) is 13.1. The van der Waals surface area contributed by atoms with Gasteiger partial charge in [-0.2, -0.15) is 0 Å². The summed E-state index contributed by atoms with van der Waals surface area (Å²) in [6.45, 7) is 6.00. The summed E-state index contributed by atoms with van der Waals surface area (Å²) < 4.78 is 0. The Morgan fingerprint density at radius 1 is 0.864 bits per heavy atom. The third-order valence-corrected chi connectivity index (χ3v) is 4.30.